The highest BCUT2D eigenvalue weighted by molar-refractivity contribution is 5.80. The van der Waals surface area contributed by atoms with Gasteiger partial charge < -0.3 is 19.9 Å². The van der Waals surface area contributed by atoms with Crippen LogP contribution in [0.25, 0.3) is 0 Å². The first-order valence-electron chi connectivity index (χ1n) is 11.3. The number of nitrogens with one attached hydrogen (secondary N) is 1. The van der Waals surface area contributed by atoms with Gasteiger partial charge in [-0.15, -0.1) is 0 Å². The van der Waals surface area contributed by atoms with Crippen LogP contribution in [0.3, 0.4) is 0 Å². The maximum Gasteiger partial charge on any atom is 0.219 e. The Labute approximate surface area is 181 Å². The molecule has 7 heteroatoms. The quantitative estimate of drug-likeness (QED) is 0.571. The number of hydrogen-bond donors (Lipinski definition) is 1. The van der Waals surface area contributed by atoms with Crippen molar-refractivity contribution < 1.29 is 9.53 Å². The molecule has 3 rings (SSSR count). The summed E-state index contributed by atoms with van der Waals surface area (Å²) in [6, 6.07) is 8.53. The number of likely N-dealkylation sites (tertiary alicyclic amines) is 1. The zero-order valence-electron chi connectivity index (χ0n) is 18.8. The lowest BCUT2D eigenvalue weighted by Gasteiger charge is -2.37. The zero-order chi connectivity index (χ0) is 21.3. The molecule has 1 N–H and O–H groups in total. The maximum absolute atomic E-state index is 11.7. The van der Waals surface area contributed by atoms with Gasteiger partial charge in [0, 0.05) is 45.2 Å². The van der Waals surface area contributed by atoms with Crippen molar-refractivity contribution in [2.24, 2.45) is 4.99 Å². The van der Waals surface area contributed by atoms with Gasteiger partial charge in [-0.1, -0.05) is 24.6 Å². The molecule has 2 fully saturated rings. The zero-order valence-corrected chi connectivity index (χ0v) is 18.8. The molecule has 166 valence electrons. The summed E-state index contributed by atoms with van der Waals surface area (Å²) in [5, 5.41) is 3.46. The van der Waals surface area contributed by atoms with Crippen LogP contribution in [0, 0.1) is 0 Å². The Hall–Kier alpha value is -2.28. The fourth-order valence-corrected chi connectivity index (χ4v) is 4.41. The lowest BCUT2D eigenvalue weighted by atomic mass is 10.0. The highest BCUT2D eigenvalue weighted by Crippen LogP contribution is 2.31. The van der Waals surface area contributed by atoms with Crippen LogP contribution in [0.4, 0.5) is 0 Å². The molecule has 1 unspecified atom stereocenters. The van der Waals surface area contributed by atoms with Crippen LogP contribution >= 0.6 is 0 Å². The average Bonchev–Trinajstić information content (AvgIpc) is 2.79. The molecule has 1 atom stereocenters. The third kappa shape index (κ3) is 5.65. The number of rotatable bonds is 6. The number of carbonyl (C=O) groups is 1. The SMILES string of the molecule is CCNC(=NCC(c1ccccc1OC)N1CCCCC1)N1CCN(C(C)=O)CC1. The second kappa shape index (κ2) is 11.2. The van der Waals surface area contributed by atoms with Gasteiger partial charge in [0.25, 0.3) is 0 Å². The fourth-order valence-electron chi connectivity index (χ4n) is 4.41. The second-order valence-corrected chi connectivity index (χ2v) is 8.04. The first-order chi connectivity index (χ1) is 14.6. The van der Waals surface area contributed by atoms with Crippen LogP contribution in [0.5, 0.6) is 5.75 Å². The number of benzene rings is 1. The summed E-state index contributed by atoms with van der Waals surface area (Å²) >= 11 is 0. The number of nitrogens with zero attached hydrogens (tertiary/aromatic N) is 4. The number of carbonyl (C=O) groups excluding carboxylic acids is 1. The Morgan fingerprint density at radius 2 is 1.73 bits per heavy atom. The van der Waals surface area contributed by atoms with Crippen LogP contribution in [-0.4, -0.2) is 86.0 Å². The molecule has 0 aromatic heterocycles. The summed E-state index contributed by atoms with van der Waals surface area (Å²) in [7, 11) is 1.74. The Morgan fingerprint density at radius 1 is 1.07 bits per heavy atom. The van der Waals surface area contributed by atoms with E-state index >= 15 is 0 Å². The van der Waals surface area contributed by atoms with Gasteiger partial charge in [-0.3, -0.25) is 14.7 Å². The number of amides is 1. The number of methoxy groups -OCH3 is 1. The van der Waals surface area contributed by atoms with E-state index in [1.54, 1.807) is 14.0 Å². The lowest BCUT2D eigenvalue weighted by Crippen LogP contribution is -2.53. The number of ether oxygens (including phenoxy) is 1. The van der Waals surface area contributed by atoms with E-state index in [0.717, 1.165) is 57.5 Å². The molecule has 0 bridgehead atoms. The van der Waals surface area contributed by atoms with Crippen LogP contribution in [0.2, 0.25) is 0 Å². The first-order valence-corrected chi connectivity index (χ1v) is 11.3. The minimum absolute atomic E-state index is 0.151. The second-order valence-electron chi connectivity index (χ2n) is 8.04. The van der Waals surface area contributed by atoms with E-state index in [-0.39, 0.29) is 11.9 Å². The molecule has 0 radical (unpaired) electrons. The summed E-state index contributed by atoms with van der Waals surface area (Å²) in [4.78, 5) is 23.5. The van der Waals surface area contributed by atoms with E-state index in [9.17, 15) is 4.79 Å². The monoisotopic (exact) mass is 415 g/mol. The third-order valence-electron chi connectivity index (χ3n) is 6.10. The van der Waals surface area contributed by atoms with Crippen molar-refractivity contribution in [2.75, 3.05) is 59.5 Å². The topological polar surface area (TPSA) is 60.4 Å². The molecule has 2 aliphatic heterocycles. The Balaban J connectivity index is 1.79. The normalized spacial score (nSPS) is 19.5. The summed E-state index contributed by atoms with van der Waals surface area (Å²) < 4.78 is 5.68. The Bertz CT molecular complexity index is 709. The van der Waals surface area contributed by atoms with E-state index in [2.05, 4.69) is 34.2 Å². The van der Waals surface area contributed by atoms with Gasteiger partial charge in [-0.05, 0) is 38.9 Å². The highest BCUT2D eigenvalue weighted by atomic mass is 16.5. The molecule has 0 spiro atoms. The number of hydrogen-bond acceptors (Lipinski definition) is 4. The molecule has 0 saturated carbocycles. The van der Waals surface area contributed by atoms with Crippen LogP contribution in [0.1, 0.15) is 44.7 Å². The maximum atomic E-state index is 11.7. The molecule has 2 aliphatic rings. The molecule has 1 aromatic rings. The van der Waals surface area contributed by atoms with E-state index in [1.807, 2.05) is 17.0 Å². The van der Waals surface area contributed by atoms with E-state index in [4.69, 9.17) is 9.73 Å². The molecule has 30 heavy (non-hydrogen) atoms. The molecule has 2 saturated heterocycles. The smallest absolute Gasteiger partial charge is 0.219 e. The summed E-state index contributed by atoms with van der Waals surface area (Å²) in [5.41, 5.74) is 1.21. The summed E-state index contributed by atoms with van der Waals surface area (Å²) in [6.07, 6.45) is 3.78. The van der Waals surface area contributed by atoms with Crippen molar-refractivity contribution in [1.29, 1.82) is 0 Å². The van der Waals surface area contributed by atoms with Crippen molar-refractivity contribution in [2.45, 2.75) is 39.2 Å². The van der Waals surface area contributed by atoms with Crippen LogP contribution < -0.4 is 10.1 Å². The van der Waals surface area contributed by atoms with Gasteiger partial charge in [0.1, 0.15) is 5.75 Å². The third-order valence-corrected chi connectivity index (χ3v) is 6.10. The van der Waals surface area contributed by atoms with E-state index in [1.165, 1.54) is 24.8 Å². The van der Waals surface area contributed by atoms with Gasteiger partial charge in [-0.2, -0.15) is 0 Å². The molecular weight excluding hydrogens is 378 g/mol. The number of guanidine groups is 1. The van der Waals surface area contributed by atoms with E-state index < -0.39 is 0 Å². The minimum atomic E-state index is 0.151. The number of piperidine rings is 1. The lowest BCUT2D eigenvalue weighted by molar-refractivity contribution is -0.130. The number of para-hydroxylation sites is 1. The van der Waals surface area contributed by atoms with E-state index in [0.29, 0.717) is 6.54 Å². The average molecular weight is 416 g/mol. The standard InChI is InChI=1S/C23H37N5O2/c1-4-24-23(28-16-14-26(15-17-28)19(2)29)25-18-21(27-12-8-5-9-13-27)20-10-6-7-11-22(20)30-3/h6-7,10-11,21H,4-5,8-9,12-18H2,1-3H3,(H,24,25). The molecule has 2 heterocycles. The summed E-state index contributed by atoms with van der Waals surface area (Å²) in [6.45, 7) is 10.6. The molecule has 1 amide bonds. The number of piperazine rings is 1. The number of aliphatic imine (C=N–C) groups is 1. The summed E-state index contributed by atoms with van der Waals surface area (Å²) in [5.74, 6) is 2.03. The molecule has 7 nitrogen and oxygen atoms in total. The van der Waals surface area contributed by atoms with Crippen molar-refractivity contribution in [3.8, 4) is 5.75 Å². The van der Waals surface area contributed by atoms with Crippen molar-refractivity contribution in [3.05, 3.63) is 29.8 Å². The predicted octanol–water partition coefficient (Wildman–Crippen LogP) is 2.35. The highest BCUT2D eigenvalue weighted by Gasteiger charge is 2.26. The van der Waals surface area contributed by atoms with Crippen LogP contribution in [0.15, 0.2) is 29.3 Å². The fraction of sp³-hybridized carbons (Fsp3) is 0.652. The van der Waals surface area contributed by atoms with Gasteiger partial charge in [-0.25, -0.2) is 0 Å². The largest absolute Gasteiger partial charge is 0.496 e. The van der Waals surface area contributed by atoms with Crippen molar-refractivity contribution in [3.63, 3.8) is 0 Å². The first kappa shape index (κ1) is 22.4. The molecule has 0 aliphatic carbocycles. The molecular formula is C23H37N5O2. The van der Waals surface area contributed by atoms with Gasteiger partial charge in [0.15, 0.2) is 5.96 Å². The van der Waals surface area contributed by atoms with Gasteiger partial charge in [0.2, 0.25) is 5.91 Å². The van der Waals surface area contributed by atoms with Crippen molar-refractivity contribution >= 4 is 11.9 Å². The van der Waals surface area contributed by atoms with Crippen LogP contribution in [-0.2, 0) is 4.79 Å². The Kier molecular flexibility index (Phi) is 8.37. The van der Waals surface area contributed by atoms with Crippen molar-refractivity contribution in [1.82, 2.24) is 20.0 Å². The van der Waals surface area contributed by atoms with Gasteiger partial charge in [0.05, 0.1) is 19.7 Å². The predicted molar refractivity (Wildman–Crippen MR) is 121 cm³/mol. The minimum Gasteiger partial charge on any atom is -0.496 e. The Morgan fingerprint density at radius 3 is 2.37 bits per heavy atom. The molecule has 1 aromatic carbocycles. The van der Waals surface area contributed by atoms with Gasteiger partial charge >= 0.3 is 0 Å².